The van der Waals surface area contributed by atoms with Crippen LogP contribution in [0.25, 0.3) is 10.9 Å². The fourth-order valence-corrected chi connectivity index (χ4v) is 4.42. The Hall–Kier alpha value is -3.60. The number of fused-ring (bicyclic) bond motifs is 1. The van der Waals surface area contributed by atoms with Crippen LogP contribution in [0.4, 0.5) is 4.39 Å². The molecule has 4 rings (SSSR count). The second kappa shape index (κ2) is 11.2. The van der Waals surface area contributed by atoms with Gasteiger partial charge in [0.25, 0.3) is 0 Å². The molecule has 0 spiro atoms. The van der Waals surface area contributed by atoms with Crippen molar-refractivity contribution in [1.82, 2.24) is 9.88 Å². The van der Waals surface area contributed by atoms with Crippen LogP contribution < -0.4 is 10.1 Å². The maximum absolute atomic E-state index is 13.4. The maximum atomic E-state index is 13.4. The predicted octanol–water partition coefficient (Wildman–Crippen LogP) is 6.52. The molecule has 0 aliphatic heterocycles. The van der Waals surface area contributed by atoms with E-state index in [2.05, 4.69) is 54.2 Å². The lowest BCUT2D eigenvalue weighted by molar-refractivity contribution is -0.121. The molecule has 3 aromatic carbocycles. The van der Waals surface area contributed by atoms with Crippen molar-refractivity contribution < 1.29 is 13.9 Å². The lowest BCUT2D eigenvalue weighted by atomic mass is 9.88. The number of aromatic nitrogens is 1. The minimum atomic E-state index is -0.241. The number of hydrogen-bond acceptors (Lipinski definition) is 2. The Labute approximate surface area is 206 Å². The molecule has 0 radical (unpaired) electrons. The van der Waals surface area contributed by atoms with E-state index in [0.29, 0.717) is 32.0 Å². The molecule has 4 nitrogen and oxygen atoms in total. The van der Waals surface area contributed by atoms with Crippen molar-refractivity contribution in [1.29, 1.82) is 0 Å². The Morgan fingerprint density at radius 1 is 1.00 bits per heavy atom. The van der Waals surface area contributed by atoms with Gasteiger partial charge in [-0.25, -0.2) is 4.39 Å². The number of ether oxygens (including phenoxy) is 1. The summed E-state index contributed by atoms with van der Waals surface area (Å²) in [5.41, 5.74) is 4.28. The van der Waals surface area contributed by atoms with Gasteiger partial charge in [0.1, 0.15) is 11.6 Å². The SMILES string of the molecule is CCOc1ccc([C@@H](CC(=O)NCC(C)C)c2cn(Cc3ccc(F)cc3)c3ccccc23)cc1. The Morgan fingerprint density at radius 2 is 1.71 bits per heavy atom. The van der Waals surface area contributed by atoms with Crippen LogP contribution in [0.1, 0.15) is 49.8 Å². The van der Waals surface area contributed by atoms with E-state index in [4.69, 9.17) is 4.74 Å². The molecule has 0 aliphatic rings. The van der Waals surface area contributed by atoms with Gasteiger partial charge >= 0.3 is 0 Å². The van der Waals surface area contributed by atoms with Crippen molar-refractivity contribution >= 4 is 16.8 Å². The van der Waals surface area contributed by atoms with Gasteiger partial charge in [0, 0.05) is 42.5 Å². The van der Waals surface area contributed by atoms with E-state index in [9.17, 15) is 9.18 Å². The van der Waals surface area contributed by atoms with Crippen LogP contribution in [0.15, 0.2) is 79.0 Å². The molecular formula is C30H33FN2O2. The molecule has 5 heteroatoms. The molecule has 0 unspecified atom stereocenters. The highest BCUT2D eigenvalue weighted by Crippen LogP contribution is 2.36. The van der Waals surface area contributed by atoms with Crippen LogP contribution in [0.3, 0.4) is 0 Å². The molecule has 0 fully saturated rings. The number of nitrogens with one attached hydrogen (secondary N) is 1. The highest BCUT2D eigenvalue weighted by Gasteiger charge is 2.23. The minimum Gasteiger partial charge on any atom is -0.494 e. The topological polar surface area (TPSA) is 43.3 Å². The molecule has 1 amide bonds. The van der Waals surface area contributed by atoms with Gasteiger partial charge in [-0.05, 0) is 59.9 Å². The normalized spacial score (nSPS) is 12.1. The van der Waals surface area contributed by atoms with Crippen LogP contribution >= 0.6 is 0 Å². The van der Waals surface area contributed by atoms with Crippen molar-refractivity contribution in [2.24, 2.45) is 5.92 Å². The third kappa shape index (κ3) is 6.10. The van der Waals surface area contributed by atoms with Crippen molar-refractivity contribution in [2.75, 3.05) is 13.2 Å². The molecule has 0 bridgehead atoms. The number of nitrogens with zero attached hydrogens (tertiary/aromatic N) is 1. The summed E-state index contributed by atoms with van der Waals surface area (Å²) in [5, 5.41) is 4.19. The van der Waals surface area contributed by atoms with E-state index in [1.807, 2.05) is 43.3 Å². The van der Waals surface area contributed by atoms with Gasteiger partial charge in [0.05, 0.1) is 6.61 Å². The Bertz CT molecular complexity index is 1260. The van der Waals surface area contributed by atoms with Crippen LogP contribution in [-0.4, -0.2) is 23.6 Å². The number of rotatable bonds is 10. The standard InChI is InChI=1S/C30H33FN2O2/c1-4-35-25-15-11-23(12-16-25)27(17-30(34)32-18-21(2)3)28-20-33(29-8-6-5-7-26(28)29)19-22-9-13-24(31)14-10-22/h5-16,20-21,27H,4,17-19H2,1-3H3,(H,32,34)/t27-/m1/s1. The van der Waals surface area contributed by atoms with Gasteiger partial charge in [-0.15, -0.1) is 0 Å². The summed E-state index contributed by atoms with van der Waals surface area (Å²) in [6.45, 7) is 8.03. The van der Waals surface area contributed by atoms with Gasteiger partial charge in [0.15, 0.2) is 0 Å². The molecule has 35 heavy (non-hydrogen) atoms. The molecule has 1 N–H and O–H groups in total. The lowest BCUT2D eigenvalue weighted by Gasteiger charge is -2.18. The second-order valence-electron chi connectivity index (χ2n) is 9.31. The van der Waals surface area contributed by atoms with E-state index >= 15 is 0 Å². The Morgan fingerprint density at radius 3 is 2.40 bits per heavy atom. The molecule has 182 valence electrons. The maximum Gasteiger partial charge on any atom is 0.220 e. The number of carbonyl (C=O) groups excluding carboxylic acids is 1. The fraction of sp³-hybridized carbons (Fsp3) is 0.300. The summed E-state index contributed by atoms with van der Waals surface area (Å²) in [6.07, 6.45) is 2.50. The first-order valence-electron chi connectivity index (χ1n) is 12.3. The molecule has 1 heterocycles. The molecular weight excluding hydrogens is 439 g/mol. The first-order valence-corrected chi connectivity index (χ1v) is 12.3. The number of halogens is 1. The Kier molecular flexibility index (Phi) is 7.86. The van der Waals surface area contributed by atoms with Gasteiger partial charge in [-0.3, -0.25) is 4.79 Å². The van der Waals surface area contributed by atoms with E-state index in [-0.39, 0.29) is 17.6 Å². The van der Waals surface area contributed by atoms with E-state index in [1.54, 1.807) is 0 Å². The van der Waals surface area contributed by atoms with E-state index < -0.39 is 0 Å². The number of amides is 1. The fourth-order valence-electron chi connectivity index (χ4n) is 4.42. The number of hydrogen-bond donors (Lipinski definition) is 1. The van der Waals surface area contributed by atoms with Crippen molar-refractivity contribution in [2.45, 2.75) is 39.7 Å². The average molecular weight is 473 g/mol. The molecule has 0 saturated carbocycles. The zero-order valence-electron chi connectivity index (χ0n) is 20.6. The van der Waals surface area contributed by atoms with E-state index in [1.165, 1.54) is 12.1 Å². The summed E-state index contributed by atoms with van der Waals surface area (Å²) in [5.74, 6) is 0.887. The van der Waals surface area contributed by atoms with Gasteiger partial charge < -0.3 is 14.6 Å². The molecule has 1 aromatic heterocycles. The third-order valence-electron chi connectivity index (χ3n) is 6.15. The minimum absolute atomic E-state index is 0.0351. The second-order valence-corrected chi connectivity index (χ2v) is 9.31. The van der Waals surface area contributed by atoms with Gasteiger partial charge in [0.2, 0.25) is 5.91 Å². The smallest absolute Gasteiger partial charge is 0.220 e. The zero-order chi connectivity index (χ0) is 24.8. The van der Waals surface area contributed by atoms with Crippen LogP contribution in [0.5, 0.6) is 5.75 Å². The number of carbonyl (C=O) groups is 1. The summed E-state index contributed by atoms with van der Waals surface area (Å²) in [6, 6.07) is 22.9. The largest absolute Gasteiger partial charge is 0.494 e. The molecule has 1 atom stereocenters. The first kappa shape index (κ1) is 24.5. The monoisotopic (exact) mass is 472 g/mol. The van der Waals surface area contributed by atoms with Crippen molar-refractivity contribution in [3.63, 3.8) is 0 Å². The van der Waals surface area contributed by atoms with Crippen LogP contribution in [0.2, 0.25) is 0 Å². The third-order valence-corrected chi connectivity index (χ3v) is 6.15. The zero-order valence-corrected chi connectivity index (χ0v) is 20.6. The lowest BCUT2D eigenvalue weighted by Crippen LogP contribution is -2.28. The summed E-state index contributed by atoms with van der Waals surface area (Å²) in [7, 11) is 0. The highest BCUT2D eigenvalue weighted by molar-refractivity contribution is 5.86. The van der Waals surface area contributed by atoms with Gasteiger partial charge in [-0.1, -0.05) is 56.3 Å². The average Bonchev–Trinajstić information content (AvgIpc) is 3.21. The quantitative estimate of drug-likeness (QED) is 0.285. The van der Waals surface area contributed by atoms with Crippen molar-refractivity contribution in [3.8, 4) is 5.75 Å². The number of para-hydroxylation sites is 1. The van der Waals surface area contributed by atoms with Crippen LogP contribution in [0, 0.1) is 11.7 Å². The Balaban J connectivity index is 1.73. The van der Waals surface area contributed by atoms with Crippen molar-refractivity contribution in [3.05, 3.63) is 102 Å². The molecule has 0 saturated heterocycles. The van der Waals surface area contributed by atoms with Gasteiger partial charge in [-0.2, -0.15) is 0 Å². The first-order chi connectivity index (χ1) is 16.9. The predicted molar refractivity (Wildman–Crippen MR) is 139 cm³/mol. The summed E-state index contributed by atoms with van der Waals surface area (Å²) < 4.78 is 21.3. The number of benzene rings is 3. The summed E-state index contributed by atoms with van der Waals surface area (Å²) in [4.78, 5) is 13.0. The molecule has 4 aromatic rings. The molecule has 0 aliphatic carbocycles. The van der Waals surface area contributed by atoms with Crippen LogP contribution in [-0.2, 0) is 11.3 Å². The highest BCUT2D eigenvalue weighted by atomic mass is 19.1. The van der Waals surface area contributed by atoms with E-state index in [0.717, 1.165) is 33.3 Å². The summed E-state index contributed by atoms with van der Waals surface area (Å²) >= 11 is 0.